The molecule has 0 unspecified atom stereocenters. The van der Waals surface area contributed by atoms with E-state index in [1.165, 1.54) is 32.1 Å². The first-order valence-corrected chi connectivity index (χ1v) is 6.44. The maximum Gasteiger partial charge on any atom is 0.280 e. The molecule has 0 saturated heterocycles. The number of nitrogen functional groups attached to an aromatic ring is 1. The molecule has 18 heavy (non-hydrogen) atoms. The van der Waals surface area contributed by atoms with Gasteiger partial charge in [-0.2, -0.15) is 4.98 Å². The lowest BCUT2D eigenvalue weighted by Crippen LogP contribution is -2.16. The van der Waals surface area contributed by atoms with Crippen molar-refractivity contribution in [3.8, 4) is 0 Å². The Balaban J connectivity index is 1.94. The Bertz CT molecular complexity index is 608. The van der Waals surface area contributed by atoms with Gasteiger partial charge in [0.05, 0.1) is 6.33 Å². The predicted octanol–water partition coefficient (Wildman–Crippen LogP) is 1.28. The number of nitrogens with one attached hydrogen (secondary N) is 1. The van der Waals surface area contributed by atoms with Gasteiger partial charge in [0.2, 0.25) is 5.95 Å². The van der Waals surface area contributed by atoms with Crippen LogP contribution in [-0.4, -0.2) is 19.5 Å². The van der Waals surface area contributed by atoms with Gasteiger partial charge in [-0.25, -0.2) is 4.98 Å². The molecule has 0 atom stereocenters. The normalized spacial score (nSPS) is 17.3. The van der Waals surface area contributed by atoms with Gasteiger partial charge in [-0.1, -0.05) is 19.3 Å². The van der Waals surface area contributed by atoms with Crippen LogP contribution < -0.4 is 11.3 Å². The van der Waals surface area contributed by atoms with Crippen LogP contribution in [0.3, 0.4) is 0 Å². The second-order valence-corrected chi connectivity index (χ2v) is 5.02. The zero-order valence-corrected chi connectivity index (χ0v) is 10.2. The fourth-order valence-corrected chi connectivity index (χ4v) is 2.75. The van der Waals surface area contributed by atoms with E-state index in [2.05, 4.69) is 15.0 Å². The van der Waals surface area contributed by atoms with Crippen LogP contribution in [0.4, 0.5) is 5.95 Å². The van der Waals surface area contributed by atoms with Gasteiger partial charge in [-0.05, 0) is 18.8 Å². The standard InChI is InChI=1S/C12H17N5O/c13-12-15-10-9(11(18)16-12)14-7-17(10)6-8-4-2-1-3-5-8/h7-8H,1-6H2,(H3,13,15,16,18). The van der Waals surface area contributed by atoms with E-state index < -0.39 is 0 Å². The number of hydrogen-bond acceptors (Lipinski definition) is 4. The molecule has 1 aliphatic carbocycles. The molecular weight excluding hydrogens is 230 g/mol. The third kappa shape index (κ3) is 1.98. The molecule has 96 valence electrons. The molecule has 0 spiro atoms. The summed E-state index contributed by atoms with van der Waals surface area (Å²) >= 11 is 0. The molecule has 6 nitrogen and oxygen atoms in total. The second-order valence-electron chi connectivity index (χ2n) is 5.02. The Kier molecular flexibility index (Phi) is 2.77. The summed E-state index contributed by atoms with van der Waals surface area (Å²) in [4.78, 5) is 22.4. The number of anilines is 1. The quantitative estimate of drug-likeness (QED) is 0.836. The summed E-state index contributed by atoms with van der Waals surface area (Å²) in [5.41, 5.74) is 6.29. The SMILES string of the molecule is Nc1nc2c(ncn2CC2CCCCC2)c(=O)[nH]1. The zero-order chi connectivity index (χ0) is 12.5. The van der Waals surface area contributed by atoms with Gasteiger partial charge < -0.3 is 10.3 Å². The Morgan fingerprint density at radius 1 is 1.39 bits per heavy atom. The molecule has 0 aliphatic heterocycles. The van der Waals surface area contributed by atoms with Gasteiger partial charge in [0.25, 0.3) is 5.56 Å². The highest BCUT2D eigenvalue weighted by molar-refractivity contribution is 5.70. The fourth-order valence-electron chi connectivity index (χ4n) is 2.75. The van der Waals surface area contributed by atoms with Crippen molar-refractivity contribution in [2.24, 2.45) is 5.92 Å². The molecule has 1 saturated carbocycles. The maximum absolute atomic E-state index is 11.7. The van der Waals surface area contributed by atoms with E-state index in [1.807, 2.05) is 4.57 Å². The molecule has 3 N–H and O–H groups in total. The first-order chi connectivity index (χ1) is 8.74. The number of hydrogen-bond donors (Lipinski definition) is 2. The fraction of sp³-hybridized carbons (Fsp3) is 0.583. The Hall–Kier alpha value is -1.85. The number of aromatic nitrogens is 4. The van der Waals surface area contributed by atoms with Crippen LogP contribution in [0.5, 0.6) is 0 Å². The van der Waals surface area contributed by atoms with E-state index >= 15 is 0 Å². The van der Waals surface area contributed by atoms with Crippen molar-refractivity contribution in [2.75, 3.05) is 5.73 Å². The van der Waals surface area contributed by atoms with Crippen LogP contribution in [0.2, 0.25) is 0 Å². The highest BCUT2D eigenvalue weighted by Crippen LogP contribution is 2.25. The number of rotatable bonds is 2. The van der Waals surface area contributed by atoms with E-state index in [9.17, 15) is 4.79 Å². The molecule has 1 aliphatic rings. The summed E-state index contributed by atoms with van der Waals surface area (Å²) in [5.74, 6) is 0.816. The van der Waals surface area contributed by atoms with Gasteiger partial charge in [-0.3, -0.25) is 9.78 Å². The Morgan fingerprint density at radius 2 is 2.17 bits per heavy atom. The minimum absolute atomic E-state index is 0.151. The highest BCUT2D eigenvalue weighted by atomic mass is 16.1. The molecule has 2 heterocycles. The summed E-state index contributed by atoms with van der Waals surface area (Å²) in [6.45, 7) is 0.881. The molecule has 2 aromatic rings. The van der Waals surface area contributed by atoms with E-state index in [0.29, 0.717) is 17.1 Å². The van der Waals surface area contributed by atoms with Crippen LogP contribution in [0.25, 0.3) is 11.2 Å². The number of nitrogens with zero attached hydrogens (tertiary/aromatic N) is 3. The maximum atomic E-state index is 11.7. The van der Waals surface area contributed by atoms with Crippen LogP contribution in [0, 0.1) is 5.92 Å². The molecule has 0 aromatic carbocycles. The molecule has 1 fully saturated rings. The third-order valence-electron chi connectivity index (χ3n) is 3.67. The number of fused-ring (bicyclic) bond motifs is 1. The van der Waals surface area contributed by atoms with Crippen molar-refractivity contribution in [3.05, 3.63) is 16.7 Å². The summed E-state index contributed by atoms with van der Waals surface area (Å²) in [7, 11) is 0. The number of imidazole rings is 1. The lowest BCUT2D eigenvalue weighted by molar-refractivity contribution is 0.321. The smallest absolute Gasteiger partial charge is 0.280 e. The number of H-pyrrole nitrogens is 1. The van der Waals surface area contributed by atoms with Gasteiger partial charge in [0, 0.05) is 6.54 Å². The van der Waals surface area contributed by atoms with Crippen molar-refractivity contribution in [3.63, 3.8) is 0 Å². The molecule has 0 bridgehead atoms. The van der Waals surface area contributed by atoms with E-state index in [0.717, 1.165) is 6.54 Å². The highest BCUT2D eigenvalue weighted by Gasteiger charge is 2.16. The third-order valence-corrected chi connectivity index (χ3v) is 3.67. The van der Waals surface area contributed by atoms with Gasteiger partial charge in [0.1, 0.15) is 0 Å². The minimum Gasteiger partial charge on any atom is -0.369 e. The number of nitrogens with two attached hydrogens (primary N) is 1. The Morgan fingerprint density at radius 3 is 2.94 bits per heavy atom. The predicted molar refractivity (Wildman–Crippen MR) is 69.1 cm³/mol. The average Bonchev–Trinajstić information content (AvgIpc) is 2.74. The molecular formula is C12H17N5O. The van der Waals surface area contributed by atoms with E-state index in [4.69, 9.17) is 5.73 Å². The summed E-state index contributed by atoms with van der Waals surface area (Å²) in [6, 6.07) is 0. The summed E-state index contributed by atoms with van der Waals surface area (Å²) in [6.07, 6.45) is 8.13. The van der Waals surface area contributed by atoms with Crippen molar-refractivity contribution in [1.29, 1.82) is 0 Å². The molecule has 0 radical (unpaired) electrons. The molecule has 3 rings (SSSR count). The number of aromatic amines is 1. The van der Waals surface area contributed by atoms with E-state index in [1.54, 1.807) is 6.33 Å². The van der Waals surface area contributed by atoms with Gasteiger partial charge in [0.15, 0.2) is 11.2 Å². The monoisotopic (exact) mass is 247 g/mol. The summed E-state index contributed by atoms with van der Waals surface area (Å²) < 4.78 is 1.96. The van der Waals surface area contributed by atoms with Crippen molar-refractivity contribution in [1.82, 2.24) is 19.5 Å². The topological polar surface area (TPSA) is 89.6 Å². The van der Waals surface area contributed by atoms with E-state index in [-0.39, 0.29) is 11.5 Å². The second kappa shape index (κ2) is 4.44. The first-order valence-electron chi connectivity index (χ1n) is 6.44. The molecule has 2 aromatic heterocycles. The lowest BCUT2D eigenvalue weighted by Gasteiger charge is -2.21. The van der Waals surface area contributed by atoms with Crippen molar-refractivity contribution < 1.29 is 0 Å². The lowest BCUT2D eigenvalue weighted by atomic mass is 9.89. The first kappa shape index (κ1) is 11.3. The zero-order valence-electron chi connectivity index (χ0n) is 10.2. The van der Waals surface area contributed by atoms with Crippen LogP contribution >= 0.6 is 0 Å². The Labute approximate surface area is 104 Å². The van der Waals surface area contributed by atoms with Crippen molar-refractivity contribution in [2.45, 2.75) is 38.6 Å². The van der Waals surface area contributed by atoms with Crippen LogP contribution in [-0.2, 0) is 6.54 Å². The van der Waals surface area contributed by atoms with Crippen LogP contribution in [0.1, 0.15) is 32.1 Å². The van der Waals surface area contributed by atoms with Gasteiger partial charge >= 0.3 is 0 Å². The largest absolute Gasteiger partial charge is 0.369 e. The molecule has 0 amide bonds. The minimum atomic E-state index is -0.264. The summed E-state index contributed by atoms with van der Waals surface area (Å²) in [5, 5.41) is 0. The average molecular weight is 247 g/mol. The van der Waals surface area contributed by atoms with Gasteiger partial charge in [-0.15, -0.1) is 0 Å². The molecule has 6 heteroatoms. The van der Waals surface area contributed by atoms with Crippen LogP contribution in [0.15, 0.2) is 11.1 Å². The van der Waals surface area contributed by atoms with Crippen molar-refractivity contribution >= 4 is 17.1 Å².